The largest absolute Gasteiger partial charge is 0.468 e. The quantitative estimate of drug-likeness (QED) is 0.229. The van der Waals surface area contributed by atoms with Crippen LogP contribution in [0.25, 0.3) is 0 Å². The van der Waals surface area contributed by atoms with Crippen LogP contribution >= 0.6 is 12.6 Å². The molecule has 0 amide bonds. The van der Waals surface area contributed by atoms with Gasteiger partial charge in [-0.2, -0.15) is 5.26 Å². The average molecular weight is 416 g/mol. The highest BCUT2D eigenvalue weighted by atomic mass is 32.1. The fourth-order valence-electron chi connectivity index (χ4n) is 2.06. The summed E-state index contributed by atoms with van der Waals surface area (Å²) in [5.41, 5.74) is 4.24. The molecule has 6 heteroatoms. The molecule has 2 rings (SSSR count). The van der Waals surface area contributed by atoms with E-state index in [0.717, 1.165) is 30.0 Å². The second-order valence-electron chi connectivity index (χ2n) is 5.78. The van der Waals surface area contributed by atoms with Crippen molar-refractivity contribution >= 4 is 19.1 Å². The van der Waals surface area contributed by atoms with Crippen LogP contribution in [0.1, 0.15) is 31.4 Å². The number of rotatable bonds is 3. The van der Waals surface area contributed by atoms with E-state index in [9.17, 15) is 4.79 Å². The summed E-state index contributed by atoms with van der Waals surface area (Å²) in [5, 5.41) is 14.4. The van der Waals surface area contributed by atoms with E-state index in [-0.39, 0.29) is 0 Å². The predicted molar refractivity (Wildman–Crippen MR) is 124 cm³/mol. The van der Waals surface area contributed by atoms with Gasteiger partial charge in [0.25, 0.3) is 6.47 Å². The van der Waals surface area contributed by atoms with Gasteiger partial charge in [0.15, 0.2) is 0 Å². The van der Waals surface area contributed by atoms with E-state index in [1.165, 1.54) is 11.1 Å². The predicted octanol–water partition coefficient (Wildman–Crippen LogP) is 3.91. The number of allylic oxidation sites excluding steroid dienone is 1. The van der Waals surface area contributed by atoms with Gasteiger partial charge < -0.3 is 15.4 Å². The molecule has 0 aromatic heterocycles. The van der Waals surface area contributed by atoms with Crippen LogP contribution in [-0.4, -0.2) is 33.2 Å². The Bertz CT molecular complexity index is 723. The third-order valence-corrected chi connectivity index (χ3v) is 3.78. The van der Waals surface area contributed by atoms with Crippen LogP contribution in [-0.2, 0) is 9.53 Å². The second kappa shape index (κ2) is 20.1. The Morgan fingerprint density at radius 3 is 2.31 bits per heavy atom. The van der Waals surface area contributed by atoms with Crippen LogP contribution in [0.4, 0.5) is 0 Å². The number of nitriles is 1. The van der Waals surface area contributed by atoms with E-state index in [2.05, 4.69) is 84.7 Å². The standard InChI is InChI=1S/C8H10N2S.C8H10.C4H7N.C3H6O2/c1-6(4-9)7-2-3-10-5-8(7)11;1-7-4-3-5-8(2)6-7;1-3-4-5-2;1-2-5-3-4/h10-11H,1-3,5H2;3-6H,1-2H3;5H,1-2H3;3H,2H2,1H3. The number of nitrogens with one attached hydrogen (secondary N) is 2. The highest BCUT2D eigenvalue weighted by Crippen LogP contribution is 2.21. The molecule has 0 radical (unpaired) electrons. The number of hydrogen-bond donors (Lipinski definition) is 3. The van der Waals surface area contributed by atoms with Gasteiger partial charge in [-0.25, -0.2) is 0 Å². The van der Waals surface area contributed by atoms with Crippen LogP contribution in [0.15, 0.2) is 46.9 Å². The minimum absolute atomic E-state index is 0.431. The molecule has 1 aromatic carbocycles. The van der Waals surface area contributed by atoms with Crippen LogP contribution in [0.2, 0.25) is 0 Å². The zero-order chi connectivity index (χ0) is 22.5. The second-order valence-corrected chi connectivity index (χ2v) is 6.32. The lowest BCUT2D eigenvalue weighted by Crippen LogP contribution is -2.23. The van der Waals surface area contributed by atoms with Gasteiger partial charge in [-0.15, -0.1) is 12.6 Å². The number of ether oxygens (including phenoxy) is 1. The van der Waals surface area contributed by atoms with Gasteiger partial charge in [0.1, 0.15) is 0 Å². The van der Waals surface area contributed by atoms with Crippen LogP contribution in [0, 0.1) is 37.1 Å². The number of thiol groups is 1. The third kappa shape index (κ3) is 17.2. The number of benzene rings is 1. The first-order chi connectivity index (χ1) is 13.9. The number of aryl methyl sites for hydroxylation is 2. The number of nitrogens with zero attached hydrogens (tertiary/aromatic N) is 1. The molecule has 29 heavy (non-hydrogen) atoms. The maximum absolute atomic E-state index is 9.18. The molecule has 1 aromatic rings. The Morgan fingerprint density at radius 2 is 2.03 bits per heavy atom. The Hall–Kier alpha value is -2.67. The zero-order valence-electron chi connectivity index (χ0n) is 18.1. The van der Waals surface area contributed by atoms with Crippen molar-refractivity contribution in [1.29, 1.82) is 5.26 Å². The summed E-state index contributed by atoms with van der Waals surface area (Å²) in [6, 6.07) is 13.1. The molecular weight excluding hydrogens is 382 g/mol. The molecule has 0 spiro atoms. The van der Waals surface area contributed by atoms with Gasteiger partial charge in [0, 0.05) is 25.2 Å². The first-order valence-electron chi connectivity index (χ1n) is 9.25. The van der Waals surface area contributed by atoms with Crippen molar-refractivity contribution in [1.82, 2.24) is 10.6 Å². The first-order valence-corrected chi connectivity index (χ1v) is 9.70. The smallest absolute Gasteiger partial charge is 0.293 e. The number of carbonyl (C=O) groups is 1. The molecule has 0 fully saturated rings. The van der Waals surface area contributed by atoms with Crippen molar-refractivity contribution < 1.29 is 9.53 Å². The summed E-state index contributed by atoms with van der Waals surface area (Å²) in [7, 11) is 1.79. The van der Waals surface area contributed by atoms with Gasteiger partial charge in [0.2, 0.25) is 0 Å². The van der Waals surface area contributed by atoms with E-state index < -0.39 is 0 Å². The van der Waals surface area contributed by atoms with E-state index in [1.807, 2.05) is 6.07 Å². The fourth-order valence-corrected chi connectivity index (χ4v) is 2.42. The molecule has 5 nitrogen and oxygen atoms in total. The average Bonchev–Trinajstić information content (AvgIpc) is 2.70. The van der Waals surface area contributed by atoms with E-state index in [1.54, 1.807) is 20.9 Å². The van der Waals surface area contributed by atoms with Gasteiger partial charge in [0.05, 0.1) is 12.7 Å². The van der Waals surface area contributed by atoms with Crippen molar-refractivity contribution in [3.8, 4) is 18.0 Å². The third-order valence-electron chi connectivity index (χ3n) is 3.35. The van der Waals surface area contributed by atoms with Crippen molar-refractivity contribution in [2.45, 2.75) is 34.1 Å². The maximum Gasteiger partial charge on any atom is 0.293 e. The van der Waals surface area contributed by atoms with E-state index in [0.29, 0.717) is 18.7 Å². The Labute approximate surface area is 181 Å². The van der Waals surface area contributed by atoms with Crippen molar-refractivity contribution in [3.63, 3.8) is 0 Å². The molecular formula is C23H33N3O2S. The molecule has 1 aliphatic rings. The molecule has 0 saturated heterocycles. The van der Waals surface area contributed by atoms with Gasteiger partial charge in [-0.1, -0.05) is 47.9 Å². The van der Waals surface area contributed by atoms with Crippen molar-refractivity contribution in [2.75, 3.05) is 26.7 Å². The monoisotopic (exact) mass is 415 g/mol. The molecule has 2 N–H and O–H groups in total. The van der Waals surface area contributed by atoms with Crippen LogP contribution in [0.3, 0.4) is 0 Å². The summed E-state index contributed by atoms with van der Waals surface area (Å²) in [6.07, 6.45) is 0.866. The van der Waals surface area contributed by atoms with E-state index >= 15 is 0 Å². The summed E-state index contributed by atoms with van der Waals surface area (Å²) < 4.78 is 4.15. The highest BCUT2D eigenvalue weighted by molar-refractivity contribution is 7.84. The Balaban J connectivity index is 0. The lowest BCUT2D eigenvalue weighted by Gasteiger charge is -2.16. The SMILES string of the molecule is C=C(C#N)C1=C(S)CNCC1.CC#CNC.CCOC=O.Cc1cccc(C)c1. The summed E-state index contributed by atoms with van der Waals surface area (Å²) in [6.45, 7) is 14.0. The summed E-state index contributed by atoms with van der Waals surface area (Å²) >= 11 is 4.25. The van der Waals surface area contributed by atoms with Gasteiger partial charge >= 0.3 is 0 Å². The normalized spacial score (nSPS) is 11.2. The zero-order valence-corrected chi connectivity index (χ0v) is 19.0. The molecule has 0 atom stereocenters. The van der Waals surface area contributed by atoms with Crippen molar-refractivity contribution in [3.05, 3.63) is 58.0 Å². The summed E-state index contributed by atoms with van der Waals surface area (Å²) in [4.78, 5) is 10.1. The first kappa shape index (κ1) is 28.5. The molecule has 0 bridgehead atoms. The highest BCUT2D eigenvalue weighted by Gasteiger charge is 2.11. The summed E-state index contributed by atoms with van der Waals surface area (Å²) in [5.74, 6) is 2.66. The van der Waals surface area contributed by atoms with Crippen molar-refractivity contribution in [2.24, 2.45) is 0 Å². The molecule has 0 unspecified atom stereocenters. The minimum atomic E-state index is 0.431. The lowest BCUT2D eigenvalue weighted by molar-refractivity contribution is -0.128. The molecule has 1 heterocycles. The van der Waals surface area contributed by atoms with Crippen LogP contribution in [0.5, 0.6) is 0 Å². The number of carbonyl (C=O) groups excluding carboxylic acids is 1. The minimum Gasteiger partial charge on any atom is -0.468 e. The molecule has 158 valence electrons. The molecule has 1 aliphatic heterocycles. The number of hydrogen-bond acceptors (Lipinski definition) is 6. The van der Waals surface area contributed by atoms with Crippen LogP contribution < -0.4 is 10.6 Å². The Morgan fingerprint density at radius 1 is 1.41 bits per heavy atom. The molecule has 0 saturated carbocycles. The lowest BCUT2D eigenvalue weighted by atomic mass is 10.0. The fraction of sp³-hybridized carbons (Fsp3) is 0.391. The maximum atomic E-state index is 9.18. The van der Waals surface area contributed by atoms with E-state index in [4.69, 9.17) is 5.26 Å². The Kier molecular flexibility index (Phi) is 19.8. The van der Waals surface area contributed by atoms with Gasteiger partial charge in [-0.3, -0.25) is 4.79 Å². The molecule has 0 aliphatic carbocycles. The topological polar surface area (TPSA) is 74.2 Å². The van der Waals surface area contributed by atoms with Gasteiger partial charge in [-0.05, 0) is 51.1 Å².